The second-order valence-corrected chi connectivity index (χ2v) is 3.68. The Morgan fingerprint density at radius 3 is 2.54 bits per heavy atom. The lowest BCUT2D eigenvalue weighted by molar-refractivity contribution is 0.195. The van der Waals surface area contributed by atoms with Crippen LogP contribution in [0.2, 0.25) is 0 Å². The molecule has 1 atom stereocenters. The molecule has 1 aromatic rings. The summed E-state index contributed by atoms with van der Waals surface area (Å²) >= 11 is 0. The highest BCUT2D eigenvalue weighted by atomic mass is 16.3. The van der Waals surface area contributed by atoms with Crippen LogP contribution in [0.4, 0.5) is 0 Å². The molecule has 1 N–H and O–H groups in total. The molecule has 72 valence electrons. The average Bonchev–Trinajstić information content (AvgIpc) is 2.03. The van der Waals surface area contributed by atoms with E-state index in [2.05, 4.69) is 32.0 Å². The van der Waals surface area contributed by atoms with Gasteiger partial charge >= 0.3 is 0 Å². The molecule has 0 aliphatic carbocycles. The van der Waals surface area contributed by atoms with E-state index in [-0.39, 0.29) is 6.10 Å². The fourth-order valence-corrected chi connectivity index (χ4v) is 1.61. The van der Waals surface area contributed by atoms with Crippen molar-refractivity contribution in [3.05, 3.63) is 34.9 Å². The summed E-state index contributed by atoms with van der Waals surface area (Å²) < 4.78 is 0. The summed E-state index contributed by atoms with van der Waals surface area (Å²) in [5.41, 5.74) is 3.91. The van der Waals surface area contributed by atoms with Gasteiger partial charge in [-0.1, -0.05) is 30.7 Å². The molecule has 1 aromatic carbocycles. The van der Waals surface area contributed by atoms with Crippen LogP contribution >= 0.6 is 0 Å². The molecule has 0 heterocycles. The molecule has 1 rings (SSSR count). The van der Waals surface area contributed by atoms with Crippen LogP contribution in [-0.2, 0) is 12.8 Å². The van der Waals surface area contributed by atoms with E-state index >= 15 is 0 Å². The van der Waals surface area contributed by atoms with Crippen molar-refractivity contribution >= 4 is 0 Å². The van der Waals surface area contributed by atoms with E-state index in [1.807, 2.05) is 6.92 Å². The minimum absolute atomic E-state index is 0.243. The van der Waals surface area contributed by atoms with Crippen molar-refractivity contribution in [3.63, 3.8) is 0 Å². The van der Waals surface area contributed by atoms with Gasteiger partial charge in [-0.15, -0.1) is 0 Å². The quantitative estimate of drug-likeness (QED) is 0.754. The maximum absolute atomic E-state index is 9.32. The van der Waals surface area contributed by atoms with E-state index in [9.17, 15) is 5.11 Å². The van der Waals surface area contributed by atoms with E-state index < -0.39 is 0 Å². The summed E-state index contributed by atoms with van der Waals surface area (Å²) in [5, 5.41) is 9.32. The molecule has 0 aliphatic rings. The first-order valence-corrected chi connectivity index (χ1v) is 4.90. The van der Waals surface area contributed by atoms with Crippen LogP contribution in [-0.4, -0.2) is 11.2 Å². The molecule has 0 saturated heterocycles. The summed E-state index contributed by atoms with van der Waals surface area (Å²) in [4.78, 5) is 0. The SMILES string of the molecule is CCc1ccc(C)cc1CC(C)O. The van der Waals surface area contributed by atoms with Crippen LogP contribution in [0.1, 0.15) is 30.5 Å². The predicted molar refractivity (Wildman–Crippen MR) is 55.9 cm³/mol. The van der Waals surface area contributed by atoms with E-state index in [0.29, 0.717) is 0 Å². The van der Waals surface area contributed by atoms with Crippen molar-refractivity contribution in [1.29, 1.82) is 0 Å². The number of benzene rings is 1. The number of hydrogen-bond donors (Lipinski definition) is 1. The van der Waals surface area contributed by atoms with Crippen molar-refractivity contribution in [2.45, 2.75) is 39.7 Å². The number of aliphatic hydroxyl groups excluding tert-OH is 1. The first-order chi connectivity index (χ1) is 6.13. The molecule has 0 spiro atoms. The molecule has 0 radical (unpaired) electrons. The van der Waals surface area contributed by atoms with Crippen LogP contribution in [0.25, 0.3) is 0 Å². The Kier molecular flexibility index (Phi) is 3.49. The summed E-state index contributed by atoms with van der Waals surface area (Å²) in [5.74, 6) is 0. The van der Waals surface area contributed by atoms with Crippen LogP contribution in [0.5, 0.6) is 0 Å². The molecule has 1 nitrogen and oxygen atoms in total. The Morgan fingerprint density at radius 2 is 2.00 bits per heavy atom. The van der Waals surface area contributed by atoms with Gasteiger partial charge in [0.15, 0.2) is 0 Å². The zero-order valence-corrected chi connectivity index (χ0v) is 8.67. The van der Waals surface area contributed by atoms with Crippen molar-refractivity contribution in [1.82, 2.24) is 0 Å². The van der Waals surface area contributed by atoms with Gasteiger partial charge in [-0.2, -0.15) is 0 Å². The smallest absolute Gasteiger partial charge is 0.0552 e. The normalized spacial score (nSPS) is 12.9. The Morgan fingerprint density at radius 1 is 1.31 bits per heavy atom. The minimum Gasteiger partial charge on any atom is -0.393 e. The molecule has 1 heteroatoms. The lowest BCUT2D eigenvalue weighted by Gasteiger charge is -2.10. The summed E-state index contributed by atoms with van der Waals surface area (Å²) in [7, 11) is 0. The molecule has 1 unspecified atom stereocenters. The topological polar surface area (TPSA) is 20.2 Å². The zero-order chi connectivity index (χ0) is 9.84. The maximum atomic E-state index is 9.32. The van der Waals surface area contributed by atoms with E-state index in [1.165, 1.54) is 16.7 Å². The van der Waals surface area contributed by atoms with Gasteiger partial charge in [0.05, 0.1) is 6.10 Å². The number of aryl methyl sites for hydroxylation is 2. The Balaban J connectivity index is 2.94. The van der Waals surface area contributed by atoms with Gasteiger partial charge in [0.25, 0.3) is 0 Å². The van der Waals surface area contributed by atoms with E-state index in [1.54, 1.807) is 0 Å². The Hall–Kier alpha value is -0.820. The zero-order valence-electron chi connectivity index (χ0n) is 8.67. The second-order valence-electron chi connectivity index (χ2n) is 3.68. The van der Waals surface area contributed by atoms with Crippen LogP contribution in [0.3, 0.4) is 0 Å². The van der Waals surface area contributed by atoms with Crippen LogP contribution < -0.4 is 0 Å². The minimum atomic E-state index is -0.243. The molecule has 0 amide bonds. The number of hydrogen-bond acceptors (Lipinski definition) is 1. The number of aliphatic hydroxyl groups is 1. The lowest BCUT2D eigenvalue weighted by atomic mass is 9.98. The largest absolute Gasteiger partial charge is 0.393 e. The third-order valence-corrected chi connectivity index (χ3v) is 2.26. The lowest BCUT2D eigenvalue weighted by Crippen LogP contribution is -2.06. The molecule has 0 saturated carbocycles. The summed E-state index contributed by atoms with van der Waals surface area (Å²) in [6, 6.07) is 6.46. The van der Waals surface area contributed by atoms with Crippen molar-refractivity contribution in [2.75, 3.05) is 0 Å². The second kappa shape index (κ2) is 4.43. The molecule has 0 aliphatic heterocycles. The van der Waals surface area contributed by atoms with E-state index in [4.69, 9.17) is 0 Å². The fourth-order valence-electron chi connectivity index (χ4n) is 1.61. The van der Waals surface area contributed by atoms with Gasteiger partial charge in [-0.05, 0) is 37.8 Å². The maximum Gasteiger partial charge on any atom is 0.0552 e. The van der Waals surface area contributed by atoms with Gasteiger partial charge in [-0.3, -0.25) is 0 Å². The highest BCUT2D eigenvalue weighted by Gasteiger charge is 2.04. The monoisotopic (exact) mass is 178 g/mol. The molecule has 0 bridgehead atoms. The molecular weight excluding hydrogens is 160 g/mol. The third-order valence-electron chi connectivity index (χ3n) is 2.26. The summed E-state index contributed by atoms with van der Waals surface area (Å²) in [6.07, 6.45) is 1.57. The third kappa shape index (κ3) is 2.85. The highest BCUT2D eigenvalue weighted by Crippen LogP contribution is 2.14. The van der Waals surface area contributed by atoms with Gasteiger partial charge in [0, 0.05) is 0 Å². The fraction of sp³-hybridized carbons (Fsp3) is 0.500. The van der Waals surface area contributed by atoms with E-state index in [0.717, 1.165) is 12.8 Å². The molecule has 13 heavy (non-hydrogen) atoms. The Bertz CT molecular complexity index is 276. The summed E-state index contributed by atoms with van der Waals surface area (Å²) in [6.45, 7) is 6.07. The Labute approximate surface area is 80.4 Å². The van der Waals surface area contributed by atoms with Gasteiger partial charge in [0.2, 0.25) is 0 Å². The first kappa shape index (κ1) is 10.3. The predicted octanol–water partition coefficient (Wildman–Crippen LogP) is 2.48. The van der Waals surface area contributed by atoms with Crippen molar-refractivity contribution in [2.24, 2.45) is 0 Å². The number of rotatable bonds is 3. The van der Waals surface area contributed by atoms with Crippen LogP contribution in [0.15, 0.2) is 18.2 Å². The standard InChI is InChI=1S/C12H18O/c1-4-11-6-5-9(2)7-12(11)8-10(3)13/h5-7,10,13H,4,8H2,1-3H3. The first-order valence-electron chi connectivity index (χ1n) is 4.90. The van der Waals surface area contributed by atoms with Crippen LogP contribution in [0, 0.1) is 6.92 Å². The van der Waals surface area contributed by atoms with Crippen molar-refractivity contribution < 1.29 is 5.11 Å². The molecule has 0 fully saturated rings. The van der Waals surface area contributed by atoms with Gasteiger partial charge in [-0.25, -0.2) is 0 Å². The highest BCUT2D eigenvalue weighted by molar-refractivity contribution is 5.31. The van der Waals surface area contributed by atoms with Gasteiger partial charge in [0.1, 0.15) is 0 Å². The van der Waals surface area contributed by atoms with Gasteiger partial charge < -0.3 is 5.11 Å². The molecular formula is C12H18O. The van der Waals surface area contributed by atoms with Crippen molar-refractivity contribution in [3.8, 4) is 0 Å². The molecule has 0 aromatic heterocycles. The average molecular weight is 178 g/mol.